The number of ether oxygens (including phenoxy) is 1. The second-order valence-corrected chi connectivity index (χ2v) is 6.73. The van der Waals surface area contributed by atoms with Crippen LogP contribution in [-0.2, 0) is 9.53 Å². The van der Waals surface area contributed by atoms with Gasteiger partial charge in [0.2, 0.25) is 5.78 Å². The highest BCUT2D eigenvalue weighted by molar-refractivity contribution is 6.00. The number of aromatic nitrogens is 1. The van der Waals surface area contributed by atoms with Gasteiger partial charge in [-0.2, -0.15) is 0 Å². The van der Waals surface area contributed by atoms with E-state index in [-0.39, 0.29) is 12.4 Å². The molecular formula is C24H23NO3. The fourth-order valence-corrected chi connectivity index (χ4v) is 3.12. The van der Waals surface area contributed by atoms with E-state index in [1.54, 1.807) is 6.08 Å². The molecule has 1 heterocycles. The van der Waals surface area contributed by atoms with Crippen molar-refractivity contribution in [3.63, 3.8) is 0 Å². The van der Waals surface area contributed by atoms with Crippen LogP contribution in [0, 0.1) is 20.8 Å². The molecule has 0 aliphatic rings. The van der Waals surface area contributed by atoms with Crippen molar-refractivity contribution < 1.29 is 14.3 Å². The molecule has 3 aromatic rings. The molecule has 0 bridgehead atoms. The lowest BCUT2D eigenvalue weighted by molar-refractivity contribution is -0.136. The molecule has 28 heavy (non-hydrogen) atoms. The van der Waals surface area contributed by atoms with E-state index in [4.69, 9.17) is 4.74 Å². The van der Waals surface area contributed by atoms with Crippen molar-refractivity contribution in [3.05, 3.63) is 94.8 Å². The Kier molecular flexibility index (Phi) is 5.90. The predicted molar refractivity (Wildman–Crippen MR) is 111 cm³/mol. The summed E-state index contributed by atoms with van der Waals surface area (Å²) in [6.45, 7) is 5.57. The van der Waals surface area contributed by atoms with Gasteiger partial charge in [0.1, 0.15) is 0 Å². The van der Waals surface area contributed by atoms with E-state index in [9.17, 15) is 9.59 Å². The zero-order valence-electron chi connectivity index (χ0n) is 16.3. The SMILES string of the molecule is Cc1ccc(/C=C/C(=O)OCC(=O)c2cc(C)n(-c3ccccc3)c2C)cc1. The summed E-state index contributed by atoms with van der Waals surface area (Å²) < 4.78 is 7.15. The van der Waals surface area contributed by atoms with E-state index in [0.717, 1.165) is 28.2 Å². The van der Waals surface area contributed by atoms with E-state index in [1.807, 2.05) is 86.0 Å². The Hall–Kier alpha value is -3.40. The van der Waals surface area contributed by atoms with E-state index in [2.05, 4.69) is 0 Å². The predicted octanol–water partition coefficient (Wildman–Crippen LogP) is 4.84. The molecule has 0 unspecified atom stereocenters. The summed E-state index contributed by atoms with van der Waals surface area (Å²) in [5.41, 5.74) is 5.41. The van der Waals surface area contributed by atoms with Gasteiger partial charge >= 0.3 is 5.97 Å². The van der Waals surface area contributed by atoms with Gasteiger partial charge in [0, 0.05) is 28.7 Å². The molecule has 0 N–H and O–H groups in total. The van der Waals surface area contributed by atoms with Crippen molar-refractivity contribution in [3.8, 4) is 5.69 Å². The van der Waals surface area contributed by atoms with Gasteiger partial charge in [-0.25, -0.2) is 4.79 Å². The summed E-state index contributed by atoms with van der Waals surface area (Å²) in [6.07, 6.45) is 3.01. The third-order valence-electron chi connectivity index (χ3n) is 4.58. The molecule has 1 aromatic heterocycles. The summed E-state index contributed by atoms with van der Waals surface area (Å²) in [5.74, 6) is -0.752. The fourth-order valence-electron chi connectivity index (χ4n) is 3.12. The van der Waals surface area contributed by atoms with Gasteiger partial charge in [0.25, 0.3) is 0 Å². The maximum Gasteiger partial charge on any atom is 0.331 e. The number of ketones is 1. The van der Waals surface area contributed by atoms with Crippen molar-refractivity contribution in [2.75, 3.05) is 6.61 Å². The van der Waals surface area contributed by atoms with Gasteiger partial charge in [-0.3, -0.25) is 4.79 Å². The number of para-hydroxylation sites is 1. The Labute approximate surface area is 165 Å². The van der Waals surface area contributed by atoms with Gasteiger partial charge in [-0.05, 0) is 50.6 Å². The second-order valence-electron chi connectivity index (χ2n) is 6.73. The van der Waals surface area contributed by atoms with E-state index >= 15 is 0 Å². The molecular weight excluding hydrogens is 350 g/mol. The van der Waals surface area contributed by atoms with Gasteiger partial charge in [0.05, 0.1) is 0 Å². The minimum Gasteiger partial charge on any atom is -0.454 e. The number of Topliss-reactive ketones (excluding diaryl/α,β-unsaturated/α-hetero) is 1. The third-order valence-corrected chi connectivity index (χ3v) is 4.58. The van der Waals surface area contributed by atoms with Crippen LogP contribution in [0.25, 0.3) is 11.8 Å². The second kappa shape index (κ2) is 8.53. The maximum atomic E-state index is 12.6. The lowest BCUT2D eigenvalue weighted by Crippen LogP contribution is -2.13. The maximum absolute atomic E-state index is 12.6. The number of esters is 1. The van der Waals surface area contributed by atoms with Crippen LogP contribution >= 0.6 is 0 Å². The van der Waals surface area contributed by atoms with Crippen LogP contribution in [0.5, 0.6) is 0 Å². The largest absolute Gasteiger partial charge is 0.454 e. The first-order chi connectivity index (χ1) is 13.5. The highest BCUT2D eigenvalue weighted by atomic mass is 16.5. The van der Waals surface area contributed by atoms with E-state index < -0.39 is 5.97 Å². The molecule has 0 aliphatic heterocycles. The van der Waals surface area contributed by atoms with Crippen molar-refractivity contribution in [2.24, 2.45) is 0 Å². The summed E-state index contributed by atoms with van der Waals surface area (Å²) >= 11 is 0. The normalized spacial score (nSPS) is 11.0. The number of hydrogen-bond acceptors (Lipinski definition) is 3. The Morgan fingerprint density at radius 3 is 2.32 bits per heavy atom. The standard InChI is InChI=1S/C24H23NO3/c1-17-9-11-20(12-10-17)13-14-24(27)28-16-23(26)22-15-18(2)25(19(22)3)21-7-5-4-6-8-21/h4-15H,16H2,1-3H3/b14-13+. The highest BCUT2D eigenvalue weighted by Gasteiger charge is 2.17. The topological polar surface area (TPSA) is 48.3 Å². The van der Waals surface area contributed by atoms with Crippen molar-refractivity contribution in [1.29, 1.82) is 0 Å². The molecule has 0 saturated heterocycles. The van der Waals surface area contributed by atoms with Gasteiger partial charge in [-0.15, -0.1) is 0 Å². The third kappa shape index (κ3) is 4.46. The van der Waals surface area contributed by atoms with Gasteiger partial charge < -0.3 is 9.30 Å². The molecule has 2 aromatic carbocycles. The van der Waals surface area contributed by atoms with Crippen molar-refractivity contribution in [2.45, 2.75) is 20.8 Å². The summed E-state index contributed by atoms with van der Waals surface area (Å²) in [4.78, 5) is 24.5. The zero-order chi connectivity index (χ0) is 20.1. The fraction of sp³-hybridized carbons (Fsp3) is 0.167. The number of hydrogen-bond donors (Lipinski definition) is 0. The van der Waals surface area contributed by atoms with Crippen LogP contribution < -0.4 is 0 Å². The van der Waals surface area contributed by atoms with Crippen LogP contribution in [0.1, 0.15) is 32.9 Å². The lowest BCUT2D eigenvalue weighted by Gasteiger charge is -2.09. The molecule has 0 radical (unpaired) electrons. The molecule has 0 atom stereocenters. The molecule has 0 amide bonds. The Morgan fingerprint density at radius 1 is 0.964 bits per heavy atom. The number of carbonyl (C=O) groups excluding carboxylic acids is 2. The quantitative estimate of drug-likeness (QED) is 0.353. The van der Waals surface area contributed by atoms with Gasteiger partial charge in [0.15, 0.2) is 6.61 Å². The highest BCUT2D eigenvalue weighted by Crippen LogP contribution is 2.21. The van der Waals surface area contributed by atoms with E-state index in [0.29, 0.717) is 5.56 Å². The van der Waals surface area contributed by atoms with E-state index in [1.165, 1.54) is 6.08 Å². The molecule has 0 spiro atoms. The Bertz CT molecular complexity index is 1010. The average Bonchev–Trinajstić information content (AvgIpc) is 3.00. The molecule has 0 aliphatic carbocycles. The Balaban J connectivity index is 1.65. The molecule has 142 valence electrons. The average molecular weight is 373 g/mol. The zero-order valence-corrected chi connectivity index (χ0v) is 16.3. The number of carbonyl (C=O) groups is 2. The summed E-state index contributed by atoms with van der Waals surface area (Å²) in [7, 11) is 0. The van der Waals surface area contributed by atoms with Crippen LogP contribution in [-0.4, -0.2) is 22.9 Å². The molecule has 4 nitrogen and oxygen atoms in total. The monoisotopic (exact) mass is 373 g/mol. The lowest BCUT2D eigenvalue weighted by atomic mass is 10.1. The van der Waals surface area contributed by atoms with Gasteiger partial charge in [-0.1, -0.05) is 48.0 Å². The smallest absolute Gasteiger partial charge is 0.331 e. The van der Waals surface area contributed by atoms with Crippen molar-refractivity contribution in [1.82, 2.24) is 4.57 Å². The number of aryl methyl sites for hydroxylation is 2. The first-order valence-electron chi connectivity index (χ1n) is 9.15. The van der Waals surface area contributed by atoms with Crippen molar-refractivity contribution >= 4 is 17.8 Å². The molecule has 3 rings (SSSR count). The first kappa shape index (κ1) is 19.4. The van der Waals surface area contributed by atoms with Crippen LogP contribution in [0.15, 0.2) is 66.7 Å². The summed E-state index contributed by atoms with van der Waals surface area (Å²) in [5, 5.41) is 0. The first-order valence-corrected chi connectivity index (χ1v) is 9.15. The van der Waals surface area contributed by atoms with Crippen LogP contribution in [0.4, 0.5) is 0 Å². The number of benzene rings is 2. The Morgan fingerprint density at radius 2 is 1.64 bits per heavy atom. The molecule has 0 saturated carbocycles. The number of nitrogens with zero attached hydrogens (tertiary/aromatic N) is 1. The molecule has 0 fully saturated rings. The minimum absolute atomic E-state index is 0.215. The summed E-state index contributed by atoms with van der Waals surface area (Å²) in [6, 6.07) is 19.5. The minimum atomic E-state index is -0.536. The van der Waals surface area contributed by atoms with Crippen LogP contribution in [0.2, 0.25) is 0 Å². The van der Waals surface area contributed by atoms with Crippen LogP contribution in [0.3, 0.4) is 0 Å². The number of rotatable bonds is 6. The molecule has 4 heteroatoms.